The zero-order valence-corrected chi connectivity index (χ0v) is 12.5. The molecule has 2 rings (SSSR count). The molecule has 0 saturated carbocycles. The fourth-order valence-electron chi connectivity index (χ4n) is 2.79. The monoisotopic (exact) mass is 267 g/mol. The summed E-state index contributed by atoms with van der Waals surface area (Å²) in [5.41, 5.74) is 6.36. The first-order chi connectivity index (χ1) is 8.63. The van der Waals surface area contributed by atoms with Crippen molar-refractivity contribution in [2.24, 2.45) is 5.73 Å². The van der Waals surface area contributed by atoms with Crippen molar-refractivity contribution < 1.29 is 0 Å². The zero-order chi connectivity index (χ0) is 13.1. The average Bonchev–Trinajstić information content (AvgIpc) is 3.00. The molecule has 3 unspecified atom stereocenters. The fraction of sp³-hybridized carbons (Fsp3) is 0.714. The van der Waals surface area contributed by atoms with Crippen LogP contribution >= 0.6 is 11.3 Å². The number of thiophene rings is 1. The number of nitrogens with zero attached hydrogens (tertiary/aromatic N) is 2. The third-order valence-electron chi connectivity index (χ3n) is 4.03. The molecule has 1 fully saturated rings. The molecule has 3 nitrogen and oxygen atoms in total. The van der Waals surface area contributed by atoms with E-state index in [2.05, 4.69) is 48.3 Å². The van der Waals surface area contributed by atoms with Crippen LogP contribution in [0.15, 0.2) is 17.5 Å². The second kappa shape index (κ2) is 6.15. The molecule has 1 aliphatic rings. The number of nitrogens with two attached hydrogens (primary N) is 1. The van der Waals surface area contributed by atoms with Gasteiger partial charge in [0.15, 0.2) is 0 Å². The van der Waals surface area contributed by atoms with Crippen LogP contribution in [0.5, 0.6) is 0 Å². The van der Waals surface area contributed by atoms with Crippen LogP contribution in [0.3, 0.4) is 0 Å². The summed E-state index contributed by atoms with van der Waals surface area (Å²) in [6.45, 7) is 4.49. The Morgan fingerprint density at radius 3 is 2.83 bits per heavy atom. The Hall–Kier alpha value is -0.420. The Kier molecular flexibility index (Phi) is 4.78. The van der Waals surface area contributed by atoms with Gasteiger partial charge in [-0.3, -0.25) is 4.90 Å². The molecule has 1 aromatic rings. The number of hydrogen-bond acceptors (Lipinski definition) is 4. The molecule has 0 spiro atoms. The molecule has 2 N–H and O–H groups in total. The van der Waals surface area contributed by atoms with E-state index in [0.29, 0.717) is 12.1 Å². The maximum Gasteiger partial charge on any atom is 0.0593 e. The molecular formula is C14H25N3S. The van der Waals surface area contributed by atoms with Crippen molar-refractivity contribution in [3.8, 4) is 0 Å². The van der Waals surface area contributed by atoms with Crippen LogP contribution in [-0.4, -0.2) is 49.1 Å². The highest BCUT2D eigenvalue weighted by Crippen LogP contribution is 2.32. The van der Waals surface area contributed by atoms with Crippen LogP contribution in [0.2, 0.25) is 0 Å². The lowest BCUT2D eigenvalue weighted by Crippen LogP contribution is -2.41. The predicted molar refractivity (Wildman–Crippen MR) is 79.0 cm³/mol. The number of rotatable bonds is 5. The normalized spacial score (nSPS) is 24.6. The van der Waals surface area contributed by atoms with E-state index in [1.807, 2.05) is 11.3 Å². The maximum absolute atomic E-state index is 6.36. The lowest BCUT2D eigenvalue weighted by molar-refractivity contribution is 0.192. The highest BCUT2D eigenvalue weighted by molar-refractivity contribution is 7.10. The minimum atomic E-state index is 0.240. The van der Waals surface area contributed by atoms with Crippen molar-refractivity contribution in [3.63, 3.8) is 0 Å². The van der Waals surface area contributed by atoms with Crippen molar-refractivity contribution in [2.75, 3.05) is 27.2 Å². The second-order valence-electron chi connectivity index (χ2n) is 5.43. The molecule has 1 aromatic heterocycles. The second-order valence-corrected chi connectivity index (χ2v) is 6.41. The van der Waals surface area contributed by atoms with Gasteiger partial charge in [-0.1, -0.05) is 13.0 Å². The van der Waals surface area contributed by atoms with E-state index < -0.39 is 0 Å². The summed E-state index contributed by atoms with van der Waals surface area (Å²) in [5, 5.41) is 2.16. The number of likely N-dealkylation sites (tertiary alicyclic amines) is 1. The van der Waals surface area contributed by atoms with Gasteiger partial charge >= 0.3 is 0 Å². The highest BCUT2D eigenvalue weighted by atomic mass is 32.1. The number of hydrogen-bond donors (Lipinski definition) is 1. The third kappa shape index (κ3) is 2.94. The van der Waals surface area contributed by atoms with Gasteiger partial charge in [0.05, 0.1) is 6.04 Å². The lowest BCUT2D eigenvalue weighted by Gasteiger charge is -2.32. The smallest absolute Gasteiger partial charge is 0.0593 e. The molecule has 4 heteroatoms. The Balaban J connectivity index is 2.11. The van der Waals surface area contributed by atoms with Crippen molar-refractivity contribution in [2.45, 2.75) is 37.9 Å². The SMILES string of the molecule is CCC(N)C(c1cccs1)N1CCC(N(C)C)C1. The molecule has 0 amide bonds. The van der Waals surface area contributed by atoms with E-state index in [9.17, 15) is 0 Å². The zero-order valence-electron chi connectivity index (χ0n) is 11.7. The fourth-order valence-corrected chi connectivity index (χ4v) is 3.72. The summed E-state index contributed by atoms with van der Waals surface area (Å²) < 4.78 is 0. The first-order valence-corrected chi connectivity index (χ1v) is 7.71. The predicted octanol–water partition coefficient (Wildman–Crippen LogP) is 2.16. The first kappa shape index (κ1) is 14.0. The van der Waals surface area contributed by atoms with Gasteiger partial charge in [0.25, 0.3) is 0 Å². The van der Waals surface area contributed by atoms with Crippen LogP contribution in [0.4, 0.5) is 0 Å². The summed E-state index contributed by atoms with van der Waals surface area (Å²) in [6, 6.07) is 5.68. The molecule has 102 valence electrons. The molecule has 1 saturated heterocycles. The molecular weight excluding hydrogens is 242 g/mol. The van der Waals surface area contributed by atoms with Gasteiger partial charge in [0, 0.05) is 30.1 Å². The van der Waals surface area contributed by atoms with E-state index in [1.54, 1.807) is 0 Å². The van der Waals surface area contributed by atoms with E-state index in [0.717, 1.165) is 13.0 Å². The van der Waals surface area contributed by atoms with Crippen molar-refractivity contribution in [1.29, 1.82) is 0 Å². The average molecular weight is 267 g/mol. The molecule has 3 atom stereocenters. The largest absolute Gasteiger partial charge is 0.326 e. The van der Waals surface area contributed by atoms with Crippen molar-refractivity contribution >= 4 is 11.3 Å². The summed E-state index contributed by atoms with van der Waals surface area (Å²) in [7, 11) is 4.35. The molecule has 18 heavy (non-hydrogen) atoms. The van der Waals surface area contributed by atoms with Gasteiger partial charge in [-0.25, -0.2) is 0 Å². The summed E-state index contributed by atoms with van der Waals surface area (Å²) in [6.07, 6.45) is 2.29. The van der Waals surface area contributed by atoms with Crippen LogP contribution in [0, 0.1) is 0 Å². The topological polar surface area (TPSA) is 32.5 Å². The third-order valence-corrected chi connectivity index (χ3v) is 4.97. The van der Waals surface area contributed by atoms with Crippen LogP contribution < -0.4 is 5.73 Å². The van der Waals surface area contributed by atoms with E-state index in [4.69, 9.17) is 5.73 Å². The Morgan fingerprint density at radius 1 is 1.56 bits per heavy atom. The Bertz CT molecular complexity index is 350. The standard InChI is InChI=1S/C14H25N3S/c1-4-12(15)14(13-6-5-9-18-13)17-8-7-11(10-17)16(2)3/h5-6,9,11-12,14H,4,7-8,10,15H2,1-3H3. The highest BCUT2D eigenvalue weighted by Gasteiger charge is 2.33. The molecule has 0 aromatic carbocycles. The number of likely N-dealkylation sites (N-methyl/N-ethyl adjacent to an activating group) is 1. The molecule has 0 radical (unpaired) electrons. The molecule has 2 heterocycles. The maximum atomic E-state index is 6.36. The minimum Gasteiger partial charge on any atom is -0.326 e. The van der Waals surface area contributed by atoms with Crippen LogP contribution in [0.25, 0.3) is 0 Å². The summed E-state index contributed by atoms with van der Waals surface area (Å²) in [5.74, 6) is 0. The van der Waals surface area contributed by atoms with Crippen LogP contribution in [0.1, 0.15) is 30.7 Å². The van der Waals surface area contributed by atoms with Crippen molar-refractivity contribution in [1.82, 2.24) is 9.80 Å². The minimum absolute atomic E-state index is 0.240. The van der Waals surface area contributed by atoms with Gasteiger partial charge in [-0.05, 0) is 38.4 Å². The van der Waals surface area contributed by atoms with Gasteiger partial charge in [0.1, 0.15) is 0 Å². The first-order valence-electron chi connectivity index (χ1n) is 6.83. The Labute approximate surface area is 115 Å². The quantitative estimate of drug-likeness (QED) is 0.887. The van der Waals surface area contributed by atoms with Gasteiger partial charge in [0.2, 0.25) is 0 Å². The van der Waals surface area contributed by atoms with E-state index >= 15 is 0 Å². The summed E-state index contributed by atoms with van der Waals surface area (Å²) in [4.78, 5) is 6.33. The summed E-state index contributed by atoms with van der Waals surface area (Å²) >= 11 is 1.84. The lowest BCUT2D eigenvalue weighted by atomic mass is 10.0. The Morgan fingerprint density at radius 2 is 2.33 bits per heavy atom. The molecule has 0 bridgehead atoms. The molecule has 0 aliphatic carbocycles. The molecule has 1 aliphatic heterocycles. The van der Waals surface area contributed by atoms with Crippen molar-refractivity contribution in [3.05, 3.63) is 22.4 Å². The van der Waals surface area contributed by atoms with Gasteiger partial charge in [-0.2, -0.15) is 0 Å². The van der Waals surface area contributed by atoms with Gasteiger partial charge in [-0.15, -0.1) is 11.3 Å². The van der Waals surface area contributed by atoms with Crippen LogP contribution in [-0.2, 0) is 0 Å². The van der Waals surface area contributed by atoms with E-state index in [-0.39, 0.29) is 6.04 Å². The van der Waals surface area contributed by atoms with E-state index in [1.165, 1.54) is 17.8 Å². The van der Waals surface area contributed by atoms with Gasteiger partial charge < -0.3 is 10.6 Å².